The summed E-state index contributed by atoms with van der Waals surface area (Å²) in [6.45, 7) is 2.96. The Labute approximate surface area is 188 Å². The SMILES string of the molecule is CC(Sc1nnc(SCC(N)=O)s1)C(=O)N(Cc1ccccc1)Cc1ccccc1. The van der Waals surface area contributed by atoms with Gasteiger partial charge in [-0.05, 0) is 18.1 Å². The van der Waals surface area contributed by atoms with Crippen molar-refractivity contribution in [2.75, 3.05) is 5.75 Å². The number of hydrogen-bond donors (Lipinski definition) is 1. The third-order valence-corrected chi connectivity index (χ3v) is 7.35. The molecule has 0 aliphatic heterocycles. The second-order valence-electron chi connectivity index (χ2n) is 6.51. The molecule has 1 atom stereocenters. The van der Waals surface area contributed by atoms with Gasteiger partial charge in [0.15, 0.2) is 8.68 Å². The van der Waals surface area contributed by atoms with Gasteiger partial charge < -0.3 is 10.6 Å². The van der Waals surface area contributed by atoms with Crippen molar-refractivity contribution < 1.29 is 9.59 Å². The van der Waals surface area contributed by atoms with E-state index in [1.54, 1.807) is 0 Å². The van der Waals surface area contributed by atoms with E-state index in [2.05, 4.69) is 10.2 Å². The van der Waals surface area contributed by atoms with E-state index in [1.807, 2.05) is 72.5 Å². The molecule has 3 rings (SSSR count). The van der Waals surface area contributed by atoms with Crippen molar-refractivity contribution in [3.05, 3.63) is 71.8 Å². The Kier molecular flexibility index (Phi) is 8.30. The van der Waals surface area contributed by atoms with Gasteiger partial charge in [-0.2, -0.15) is 0 Å². The maximum absolute atomic E-state index is 13.3. The van der Waals surface area contributed by atoms with Crippen LogP contribution in [0.15, 0.2) is 69.3 Å². The molecule has 0 aliphatic rings. The lowest BCUT2D eigenvalue weighted by Gasteiger charge is -2.25. The number of carbonyl (C=O) groups excluding carboxylic acids is 2. The van der Waals surface area contributed by atoms with Gasteiger partial charge in [-0.3, -0.25) is 9.59 Å². The summed E-state index contributed by atoms with van der Waals surface area (Å²) in [5.74, 6) is -0.199. The van der Waals surface area contributed by atoms with Crippen LogP contribution in [-0.4, -0.2) is 37.9 Å². The molecule has 30 heavy (non-hydrogen) atoms. The Morgan fingerprint density at radius 1 is 0.967 bits per heavy atom. The molecule has 0 bridgehead atoms. The predicted molar refractivity (Wildman–Crippen MR) is 122 cm³/mol. The van der Waals surface area contributed by atoms with E-state index in [9.17, 15) is 9.59 Å². The van der Waals surface area contributed by atoms with Crippen LogP contribution in [0, 0.1) is 0 Å². The number of benzene rings is 2. The minimum Gasteiger partial charge on any atom is -0.369 e. The van der Waals surface area contributed by atoms with E-state index in [4.69, 9.17) is 5.73 Å². The number of primary amides is 1. The summed E-state index contributed by atoms with van der Waals surface area (Å²) < 4.78 is 1.36. The summed E-state index contributed by atoms with van der Waals surface area (Å²) in [6, 6.07) is 19.9. The van der Waals surface area contributed by atoms with Crippen LogP contribution in [0.2, 0.25) is 0 Å². The molecule has 2 aromatic carbocycles. The van der Waals surface area contributed by atoms with Crippen LogP contribution >= 0.6 is 34.9 Å². The first-order chi connectivity index (χ1) is 14.5. The molecule has 6 nitrogen and oxygen atoms in total. The molecule has 1 unspecified atom stereocenters. The van der Waals surface area contributed by atoms with Crippen LogP contribution in [0.5, 0.6) is 0 Å². The Hall–Kier alpha value is -2.36. The van der Waals surface area contributed by atoms with Crippen molar-refractivity contribution in [1.29, 1.82) is 0 Å². The van der Waals surface area contributed by atoms with E-state index in [1.165, 1.54) is 34.9 Å². The van der Waals surface area contributed by atoms with Crippen LogP contribution in [0.4, 0.5) is 0 Å². The highest BCUT2D eigenvalue weighted by Gasteiger charge is 2.23. The number of thioether (sulfide) groups is 2. The van der Waals surface area contributed by atoms with Gasteiger partial charge in [-0.25, -0.2) is 0 Å². The molecule has 3 aromatic rings. The van der Waals surface area contributed by atoms with Crippen LogP contribution < -0.4 is 5.73 Å². The number of hydrogen-bond acceptors (Lipinski definition) is 7. The quantitative estimate of drug-likeness (QED) is 0.465. The molecule has 0 saturated heterocycles. The first-order valence-corrected chi connectivity index (χ1v) is 12.0. The minimum atomic E-state index is -0.398. The van der Waals surface area contributed by atoms with Crippen LogP contribution in [0.3, 0.4) is 0 Å². The third-order valence-electron chi connectivity index (χ3n) is 4.10. The fourth-order valence-corrected chi connectivity index (χ4v) is 5.70. The topological polar surface area (TPSA) is 89.2 Å². The molecule has 1 heterocycles. The van der Waals surface area contributed by atoms with E-state index in [0.717, 1.165) is 11.1 Å². The Morgan fingerprint density at radius 2 is 1.50 bits per heavy atom. The maximum atomic E-state index is 13.3. The lowest BCUT2D eigenvalue weighted by Crippen LogP contribution is -2.35. The monoisotopic (exact) mass is 458 g/mol. The number of aromatic nitrogens is 2. The van der Waals surface area contributed by atoms with Crippen LogP contribution in [-0.2, 0) is 22.7 Å². The molecular weight excluding hydrogens is 436 g/mol. The molecule has 156 valence electrons. The normalized spacial score (nSPS) is 11.8. The molecule has 1 aromatic heterocycles. The molecule has 0 aliphatic carbocycles. The van der Waals surface area contributed by atoms with Gasteiger partial charge in [0.1, 0.15) is 0 Å². The van der Waals surface area contributed by atoms with Gasteiger partial charge in [0.05, 0.1) is 11.0 Å². The lowest BCUT2D eigenvalue weighted by atomic mass is 10.1. The van der Waals surface area contributed by atoms with Crippen molar-refractivity contribution in [1.82, 2.24) is 15.1 Å². The Bertz CT molecular complexity index is 925. The highest BCUT2D eigenvalue weighted by atomic mass is 32.2. The second kappa shape index (κ2) is 11.1. The van der Waals surface area contributed by atoms with E-state index in [0.29, 0.717) is 21.8 Å². The summed E-state index contributed by atoms with van der Waals surface area (Å²) in [6.07, 6.45) is 0. The zero-order valence-corrected chi connectivity index (χ0v) is 18.9. The molecular formula is C21H22N4O2S3. The average molecular weight is 459 g/mol. The number of amides is 2. The average Bonchev–Trinajstić information content (AvgIpc) is 3.20. The Morgan fingerprint density at radius 3 is 2.03 bits per heavy atom. The summed E-state index contributed by atoms with van der Waals surface area (Å²) in [5, 5.41) is 7.87. The van der Waals surface area contributed by atoms with E-state index < -0.39 is 5.91 Å². The van der Waals surface area contributed by atoms with Crippen molar-refractivity contribution in [2.45, 2.75) is 33.9 Å². The first-order valence-electron chi connectivity index (χ1n) is 9.29. The van der Waals surface area contributed by atoms with Gasteiger partial charge in [0.2, 0.25) is 11.8 Å². The summed E-state index contributed by atoms with van der Waals surface area (Å²) in [5.41, 5.74) is 7.34. The third kappa shape index (κ3) is 6.86. The van der Waals surface area contributed by atoms with Gasteiger partial charge in [-0.15, -0.1) is 10.2 Å². The largest absolute Gasteiger partial charge is 0.369 e. The van der Waals surface area contributed by atoms with Crippen molar-refractivity contribution >= 4 is 46.7 Å². The Balaban J connectivity index is 1.68. The zero-order chi connectivity index (χ0) is 21.3. The fraction of sp³-hybridized carbons (Fsp3) is 0.238. The molecule has 9 heteroatoms. The van der Waals surface area contributed by atoms with E-state index in [-0.39, 0.29) is 16.9 Å². The van der Waals surface area contributed by atoms with Gasteiger partial charge in [0, 0.05) is 13.1 Å². The predicted octanol–water partition coefficient (Wildman–Crippen LogP) is 3.83. The zero-order valence-electron chi connectivity index (χ0n) is 16.4. The number of nitrogens with zero attached hydrogens (tertiary/aromatic N) is 3. The summed E-state index contributed by atoms with van der Waals surface area (Å²) in [7, 11) is 0. The molecule has 2 amide bonds. The maximum Gasteiger partial charge on any atom is 0.236 e. The number of carbonyl (C=O) groups is 2. The fourth-order valence-electron chi connectivity index (χ4n) is 2.71. The highest BCUT2D eigenvalue weighted by Crippen LogP contribution is 2.32. The van der Waals surface area contributed by atoms with Gasteiger partial charge in [0.25, 0.3) is 0 Å². The molecule has 0 fully saturated rings. The van der Waals surface area contributed by atoms with Crippen LogP contribution in [0.1, 0.15) is 18.1 Å². The van der Waals surface area contributed by atoms with Crippen molar-refractivity contribution in [3.8, 4) is 0 Å². The van der Waals surface area contributed by atoms with E-state index >= 15 is 0 Å². The number of nitrogens with two attached hydrogens (primary N) is 1. The molecule has 0 saturated carbocycles. The van der Waals surface area contributed by atoms with Crippen molar-refractivity contribution in [2.24, 2.45) is 5.73 Å². The summed E-state index contributed by atoms with van der Waals surface area (Å²) >= 11 is 4.00. The second-order valence-corrected chi connectivity index (χ2v) is 10.3. The van der Waals surface area contributed by atoms with Gasteiger partial charge >= 0.3 is 0 Å². The van der Waals surface area contributed by atoms with Crippen molar-refractivity contribution in [3.63, 3.8) is 0 Å². The summed E-state index contributed by atoms with van der Waals surface area (Å²) in [4.78, 5) is 26.1. The van der Waals surface area contributed by atoms with Crippen LogP contribution in [0.25, 0.3) is 0 Å². The highest BCUT2D eigenvalue weighted by molar-refractivity contribution is 8.04. The standard InChI is InChI=1S/C21H22N4O2S3/c1-15(29-21-24-23-20(30-21)28-14-18(22)26)19(27)25(12-16-8-4-2-5-9-16)13-17-10-6-3-7-11-17/h2-11,15H,12-14H2,1H3,(H2,22,26). The minimum absolute atomic E-state index is 0.0363. The van der Waals surface area contributed by atoms with Gasteiger partial charge in [-0.1, -0.05) is 95.5 Å². The smallest absolute Gasteiger partial charge is 0.236 e. The molecule has 2 N–H and O–H groups in total. The molecule has 0 radical (unpaired) electrons. The molecule has 0 spiro atoms. The first kappa shape index (κ1) is 22.3. The lowest BCUT2D eigenvalue weighted by molar-refractivity contribution is -0.131. The number of rotatable bonds is 10.